The number of nitrogens with one attached hydrogen (secondary N) is 2. The highest BCUT2D eigenvalue weighted by atomic mass is 19.4. The largest absolute Gasteiger partial charge is 0.490 e. The van der Waals surface area contributed by atoms with Crippen molar-refractivity contribution in [2.24, 2.45) is 5.73 Å². The third-order valence-electron chi connectivity index (χ3n) is 11.0. The molecule has 10 atom stereocenters. The molecule has 10 N–H and O–H groups in total. The number of nitrogens with zero attached hydrogens (tertiary/aromatic N) is 3. The number of carbonyl (C=O) groups is 4. The van der Waals surface area contributed by atoms with Crippen LogP contribution in [0.2, 0.25) is 0 Å². The van der Waals surface area contributed by atoms with E-state index in [1.807, 2.05) is 0 Å². The molecule has 0 aromatic carbocycles. The number of ether oxygens (including phenoxy) is 3. The Morgan fingerprint density at radius 2 is 1.34 bits per heavy atom. The van der Waals surface area contributed by atoms with Gasteiger partial charge in [-0.3, -0.25) is 28.8 Å². The molecule has 21 nitrogen and oxygen atoms in total. The van der Waals surface area contributed by atoms with Crippen molar-refractivity contribution in [3.63, 3.8) is 0 Å². The van der Waals surface area contributed by atoms with Gasteiger partial charge >= 0.3 is 30.0 Å². The van der Waals surface area contributed by atoms with E-state index in [0.29, 0.717) is 0 Å². The Labute approximate surface area is 366 Å². The zero-order valence-corrected chi connectivity index (χ0v) is 35.3. The highest BCUT2D eigenvalue weighted by Crippen LogP contribution is 2.36. The Balaban J connectivity index is 0.000000693. The lowest BCUT2D eigenvalue weighted by Crippen LogP contribution is -2.59. The molecule has 65 heavy (non-hydrogen) atoms. The van der Waals surface area contributed by atoms with Crippen molar-refractivity contribution < 1.29 is 90.4 Å². The van der Waals surface area contributed by atoms with Crippen molar-refractivity contribution >= 4 is 23.8 Å². The van der Waals surface area contributed by atoms with Crippen LogP contribution in [0.4, 0.5) is 26.3 Å². The van der Waals surface area contributed by atoms with Gasteiger partial charge in [-0.1, -0.05) is 57.8 Å². The topological polar surface area (TPSA) is 317 Å². The Morgan fingerprint density at radius 1 is 0.831 bits per heavy atom. The van der Waals surface area contributed by atoms with Crippen LogP contribution in [0.3, 0.4) is 0 Å². The second kappa shape index (κ2) is 24.3. The van der Waals surface area contributed by atoms with Gasteiger partial charge in [0.25, 0.3) is 11.5 Å². The van der Waals surface area contributed by atoms with Crippen LogP contribution in [0.15, 0.2) is 33.6 Å². The van der Waals surface area contributed by atoms with E-state index < -0.39 is 109 Å². The van der Waals surface area contributed by atoms with Crippen molar-refractivity contribution in [1.82, 2.24) is 24.7 Å². The average molecular weight is 951 g/mol. The molecule has 4 heterocycles. The second-order valence-electron chi connectivity index (χ2n) is 15.8. The molecule has 0 radical (unpaired) electrons. The molecule has 2 amide bonds. The third kappa shape index (κ3) is 15.3. The van der Waals surface area contributed by atoms with Crippen molar-refractivity contribution in [3.8, 4) is 0 Å². The molecule has 370 valence electrons. The van der Waals surface area contributed by atoms with Gasteiger partial charge < -0.3 is 60.8 Å². The average Bonchev–Trinajstić information content (AvgIpc) is 3.62. The molecule has 4 aliphatic rings. The molecule has 0 spiro atoms. The maximum atomic E-state index is 14.4. The van der Waals surface area contributed by atoms with Gasteiger partial charge in [0.05, 0.1) is 0 Å². The van der Waals surface area contributed by atoms with E-state index >= 15 is 0 Å². The number of halogens is 6. The Kier molecular flexibility index (Phi) is 20.5. The minimum Gasteiger partial charge on any atom is -0.475 e. The number of alkyl halides is 6. The summed E-state index contributed by atoms with van der Waals surface area (Å²) in [6.07, 6.45) is -9.08. The number of H-pyrrole nitrogens is 1. The van der Waals surface area contributed by atoms with E-state index in [2.05, 4.69) is 10.3 Å². The van der Waals surface area contributed by atoms with Crippen molar-refractivity contribution in [1.29, 1.82) is 0 Å². The lowest BCUT2D eigenvalue weighted by molar-refractivity contribution is -0.232. The van der Waals surface area contributed by atoms with Crippen LogP contribution in [-0.2, 0) is 33.4 Å². The zero-order valence-electron chi connectivity index (χ0n) is 35.3. The Bertz CT molecular complexity index is 1860. The SMILES string of the molecule is CN1C(=O)[C@H]([C@H](O[C@@H]2O[C@H](CN)[C@@H](O)[C@H]2O)[C@H]2O[C@@H](n3ccc(=O)[nH]c3=O)[C@H](O)[C@@H]2O)N(C)CC=C1C(=O)NC1CCCCCCCCCCC1.O=C(O)C(F)(F)F.O=C(O)C(F)(F)F. The Morgan fingerprint density at radius 3 is 1.80 bits per heavy atom. The standard InChI is InChI=1S/C34H54N6O11.2C2HF3O2/c1-38-16-14-20(30(46)36-19-12-10-8-6-4-3-5-7-9-11-13-19)39(2)31(47)23(38)28(51-33-27(45)24(42)21(18-35)49-33)29-25(43)26(44)32(50-29)40-17-15-22(41)37-34(40)48;2*3-2(4,5)1(6)7/h14-15,17,19,21,23-29,32-33,42-45H,3-13,16,18,35H2,1-2H3,(H,36,46)(H,37,41,48);2*(H,6,7)/t21-,23+,24-,25+,26-,27-,28+,29+,32-,33+;;/m1../s1. The number of carboxylic acid groups (broad SMARTS) is 2. The number of aliphatic hydroxyl groups is 4. The van der Waals surface area contributed by atoms with Crippen LogP contribution < -0.4 is 22.3 Å². The number of nitrogens with two attached hydrogens (primary N) is 1. The van der Waals surface area contributed by atoms with Gasteiger partial charge in [0, 0.05) is 38.4 Å². The molecule has 5 rings (SSSR count). The second-order valence-corrected chi connectivity index (χ2v) is 15.8. The summed E-state index contributed by atoms with van der Waals surface area (Å²) in [5.41, 5.74) is 4.24. The van der Waals surface area contributed by atoms with Gasteiger partial charge in [0.2, 0.25) is 5.91 Å². The van der Waals surface area contributed by atoms with Gasteiger partial charge in [-0.05, 0) is 26.0 Å². The van der Waals surface area contributed by atoms with E-state index in [0.717, 1.165) is 55.4 Å². The van der Waals surface area contributed by atoms with E-state index in [1.165, 1.54) is 44.1 Å². The molecule has 27 heteroatoms. The summed E-state index contributed by atoms with van der Waals surface area (Å²) < 4.78 is 82.3. The molecule has 0 bridgehead atoms. The number of rotatable bonds is 8. The monoisotopic (exact) mass is 950 g/mol. The van der Waals surface area contributed by atoms with Crippen LogP contribution in [0.1, 0.15) is 76.9 Å². The first kappa shape index (κ1) is 54.9. The summed E-state index contributed by atoms with van der Waals surface area (Å²) in [4.78, 5) is 75.1. The number of aliphatic carboxylic acids is 2. The van der Waals surface area contributed by atoms with E-state index in [9.17, 15) is 65.9 Å². The predicted octanol–water partition coefficient (Wildman–Crippen LogP) is -0.341. The summed E-state index contributed by atoms with van der Waals surface area (Å²) in [5, 5.41) is 61.1. The first-order valence-corrected chi connectivity index (χ1v) is 20.6. The number of carbonyl (C=O) groups excluding carboxylic acids is 2. The number of aromatic nitrogens is 2. The predicted molar refractivity (Wildman–Crippen MR) is 209 cm³/mol. The number of amides is 2. The number of carboxylic acids is 2. The molecule has 3 aliphatic heterocycles. The van der Waals surface area contributed by atoms with Gasteiger partial charge in [-0.2, -0.15) is 26.3 Å². The fourth-order valence-electron chi connectivity index (χ4n) is 7.51. The third-order valence-corrected chi connectivity index (χ3v) is 11.0. The van der Waals surface area contributed by atoms with Crippen molar-refractivity contribution in [3.05, 3.63) is 44.9 Å². The molecule has 1 saturated carbocycles. The van der Waals surface area contributed by atoms with Gasteiger partial charge in [-0.15, -0.1) is 0 Å². The minimum absolute atomic E-state index is 0.0473. The molecule has 1 aliphatic carbocycles. The van der Waals surface area contributed by atoms with Crippen molar-refractivity contribution in [2.45, 2.75) is 150 Å². The number of likely N-dealkylation sites (N-methyl/N-ethyl adjacent to an activating group) is 2. The van der Waals surface area contributed by atoms with Crippen LogP contribution in [0.25, 0.3) is 0 Å². The fourth-order valence-corrected chi connectivity index (χ4v) is 7.51. The van der Waals surface area contributed by atoms with E-state index in [4.69, 9.17) is 39.7 Å². The maximum absolute atomic E-state index is 14.4. The molecule has 1 aromatic heterocycles. The number of hydrogen-bond acceptors (Lipinski definition) is 15. The maximum Gasteiger partial charge on any atom is 0.490 e. The lowest BCUT2D eigenvalue weighted by Gasteiger charge is -2.38. The number of aromatic amines is 1. The number of hydrogen-bond donors (Lipinski definition) is 9. The molecular formula is C38H56F6N6O15. The quantitative estimate of drug-likeness (QED) is 0.151. The van der Waals surface area contributed by atoms with Crippen molar-refractivity contribution in [2.75, 3.05) is 27.2 Å². The van der Waals surface area contributed by atoms with Crippen LogP contribution in [0, 0.1) is 0 Å². The summed E-state index contributed by atoms with van der Waals surface area (Å²) >= 11 is 0. The van der Waals surface area contributed by atoms with E-state index in [1.54, 1.807) is 18.0 Å². The van der Waals surface area contributed by atoms with Crippen LogP contribution >= 0.6 is 0 Å². The Hall–Kier alpha value is -4.48. The van der Waals surface area contributed by atoms with Gasteiger partial charge in [0.15, 0.2) is 12.5 Å². The van der Waals surface area contributed by atoms with Crippen LogP contribution in [-0.4, -0.2) is 174 Å². The first-order chi connectivity index (χ1) is 30.3. The lowest BCUT2D eigenvalue weighted by atomic mass is 9.97. The summed E-state index contributed by atoms with van der Waals surface area (Å²) in [6, 6.07) is -0.310. The highest BCUT2D eigenvalue weighted by molar-refractivity contribution is 5.99. The summed E-state index contributed by atoms with van der Waals surface area (Å²) in [6.45, 7) is -0.0834. The van der Waals surface area contributed by atoms with E-state index in [-0.39, 0.29) is 24.8 Å². The molecule has 2 saturated heterocycles. The molecule has 0 unspecified atom stereocenters. The van der Waals surface area contributed by atoms with Gasteiger partial charge in [-0.25, -0.2) is 14.4 Å². The van der Waals surface area contributed by atoms with Crippen LogP contribution in [0.5, 0.6) is 0 Å². The minimum atomic E-state index is -5.08. The normalized spacial score (nSPS) is 29.4. The molecule has 1 aromatic rings. The van der Waals surface area contributed by atoms with Gasteiger partial charge in [0.1, 0.15) is 54.5 Å². The molecular weight excluding hydrogens is 894 g/mol. The first-order valence-electron chi connectivity index (χ1n) is 20.6. The highest BCUT2D eigenvalue weighted by Gasteiger charge is 2.55. The fraction of sp³-hybridized carbons (Fsp3) is 0.737. The summed E-state index contributed by atoms with van der Waals surface area (Å²) in [5.74, 6) is -6.54. The summed E-state index contributed by atoms with van der Waals surface area (Å²) in [7, 11) is 3.05. The smallest absolute Gasteiger partial charge is 0.475 e. The molecule has 3 fully saturated rings. The zero-order chi connectivity index (χ0) is 49.0. The number of aliphatic hydroxyl groups excluding tert-OH is 4.